The third-order valence-corrected chi connectivity index (χ3v) is 11.7. The second kappa shape index (κ2) is 8.10. The van der Waals surface area contributed by atoms with E-state index in [1.54, 1.807) is 5.57 Å². The van der Waals surface area contributed by atoms with Crippen molar-refractivity contribution in [2.75, 3.05) is 6.61 Å². The second-order valence-corrected chi connectivity index (χ2v) is 13.3. The quantitative estimate of drug-likeness (QED) is 0.449. The largest absolute Gasteiger partial charge is 0.392 e. The average Bonchev–Trinajstić information content (AvgIpc) is 3.02. The second-order valence-electron chi connectivity index (χ2n) is 13.3. The van der Waals surface area contributed by atoms with Crippen molar-refractivity contribution in [2.45, 2.75) is 106 Å². The fourth-order valence-corrected chi connectivity index (χ4v) is 9.32. The number of fused-ring (bicyclic) bond motifs is 5. The van der Waals surface area contributed by atoms with E-state index in [1.165, 1.54) is 32.1 Å². The molecule has 0 radical (unpaired) electrons. The van der Waals surface area contributed by atoms with Gasteiger partial charge in [0, 0.05) is 11.8 Å². The van der Waals surface area contributed by atoms with E-state index in [4.69, 9.17) is 0 Å². The van der Waals surface area contributed by atoms with Gasteiger partial charge >= 0.3 is 0 Å². The molecule has 4 aliphatic carbocycles. The lowest BCUT2D eigenvalue weighted by Gasteiger charge is -2.63. The lowest BCUT2D eigenvalue weighted by atomic mass is 9.41. The molecule has 0 unspecified atom stereocenters. The Bertz CT molecular complexity index is 819. The summed E-state index contributed by atoms with van der Waals surface area (Å²) in [6.45, 7) is 16.9. The van der Waals surface area contributed by atoms with Crippen LogP contribution in [0.15, 0.2) is 23.3 Å². The van der Waals surface area contributed by atoms with Crippen LogP contribution in [0.25, 0.3) is 0 Å². The molecule has 2 nitrogen and oxygen atoms in total. The van der Waals surface area contributed by atoms with Crippen LogP contribution in [-0.4, -0.2) is 17.5 Å². The molecule has 7 atom stereocenters. The zero-order valence-electron chi connectivity index (χ0n) is 21.9. The minimum atomic E-state index is -0.177. The van der Waals surface area contributed by atoms with E-state index in [-0.39, 0.29) is 17.4 Å². The number of carbonyl (C=O) groups excluding carboxylic acids is 1. The number of hydrogen-bond donors (Lipinski definition) is 1. The maximum Gasteiger partial charge on any atom is 0.138 e. The molecule has 0 heterocycles. The van der Waals surface area contributed by atoms with Crippen LogP contribution in [0.5, 0.6) is 0 Å². The van der Waals surface area contributed by atoms with Gasteiger partial charge in [-0.1, -0.05) is 64.8 Å². The number of aliphatic hydroxyl groups is 1. The van der Waals surface area contributed by atoms with Gasteiger partial charge in [-0.2, -0.15) is 0 Å². The normalized spacial score (nSPS) is 44.4. The lowest BCUT2D eigenvalue weighted by molar-refractivity contribution is -0.146. The number of ketones is 1. The lowest BCUT2D eigenvalue weighted by Crippen LogP contribution is -2.57. The topological polar surface area (TPSA) is 37.3 Å². The maximum atomic E-state index is 12.8. The first-order valence-electron chi connectivity index (χ1n) is 13.4. The average molecular weight is 441 g/mol. The van der Waals surface area contributed by atoms with Crippen molar-refractivity contribution < 1.29 is 9.90 Å². The molecule has 0 aromatic rings. The molecule has 0 spiro atoms. The fourth-order valence-electron chi connectivity index (χ4n) is 9.32. The van der Waals surface area contributed by atoms with Crippen LogP contribution >= 0.6 is 0 Å². The van der Waals surface area contributed by atoms with E-state index >= 15 is 0 Å². The van der Waals surface area contributed by atoms with Gasteiger partial charge in [0.15, 0.2) is 0 Å². The Hall–Kier alpha value is -0.890. The van der Waals surface area contributed by atoms with Crippen LogP contribution in [0.2, 0.25) is 0 Å². The third kappa shape index (κ3) is 3.33. The number of allylic oxidation sites excluding steroid dienone is 3. The molecule has 0 aliphatic heterocycles. The van der Waals surface area contributed by atoms with Crippen LogP contribution in [0.3, 0.4) is 0 Å². The van der Waals surface area contributed by atoms with Crippen molar-refractivity contribution >= 4 is 5.78 Å². The van der Waals surface area contributed by atoms with Crippen molar-refractivity contribution in [3.8, 4) is 0 Å². The van der Waals surface area contributed by atoms with Crippen LogP contribution in [-0.2, 0) is 4.79 Å². The van der Waals surface area contributed by atoms with Gasteiger partial charge < -0.3 is 5.11 Å². The zero-order valence-corrected chi connectivity index (χ0v) is 21.9. The molecule has 0 aromatic carbocycles. The van der Waals surface area contributed by atoms with Crippen LogP contribution in [0.1, 0.15) is 106 Å². The van der Waals surface area contributed by atoms with E-state index in [0.717, 1.165) is 43.1 Å². The summed E-state index contributed by atoms with van der Waals surface area (Å²) >= 11 is 0. The summed E-state index contributed by atoms with van der Waals surface area (Å²) in [4.78, 5) is 12.8. The van der Waals surface area contributed by atoms with Crippen LogP contribution < -0.4 is 0 Å². The molecule has 4 rings (SSSR count). The van der Waals surface area contributed by atoms with E-state index in [0.29, 0.717) is 28.4 Å². The van der Waals surface area contributed by atoms with E-state index in [9.17, 15) is 9.90 Å². The first-order valence-corrected chi connectivity index (χ1v) is 13.4. The Kier molecular flexibility index (Phi) is 6.14. The number of hydrogen-bond acceptors (Lipinski definition) is 2. The smallest absolute Gasteiger partial charge is 0.138 e. The molecule has 0 saturated heterocycles. The molecule has 0 amide bonds. The van der Waals surface area contributed by atoms with Gasteiger partial charge in [-0.3, -0.25) is 4.79 Å². The Labute approximate surface area is 197 Å². The third-order valence-electron chi connectivity index (χ3n) is 11.7. The highest BCUT2D eigenvalue weighted by Crippen LogP contribution is 2.73. The first kappa shape index (κ1) is 24.2. The number of carbonyl (C=O) groups is 1. The van der Waals surface area contributed by atoms with Crippen molar-refractivity contribution in [1.29, 1.82) is 0 Å². The van der Waals surface area contributed by atoms with Gasteiger partial charge in [0.25, 0.3) is 0 Å². The van der Waals surface area contributed by atoms with E-state index in [1.807, 2.05) is 6.92 Å². The number of rotatable bonds is 5. The summed E-state index contributed by atoms with van der Waals surface area (Å²) in [5, 5.41) is 9.31. The summed E-state index contributed by atoms with van der Waals surface area (Å²) < 4.78 is 0. The van der Waals surface area contributed by atoms with E-state index in [2.05, 4.69) is 53.7 Å². The summed E-state index contributed by atoms with van der Waals surface area (Å²) in [5.41, 5.74) is 3.68. The minimum Gasteiger partial charge on any atom is -0.392 e. The molecule has 3 saturated carbocycles. The monoisotopic (exact) mass is 440 g/mol. The Morgan fingerprint density at radius 1 is 1.16 bits per heavy atom. The molecule has 32 heavy (non-hydrogen) atoms. The zero-order chi connectivity index (χ0) is 23.5. The van der Waals surface area contributed by atoms with Gasteiger partial charge in [-0.15, -0.1) is 0 Å². The van der Waals surface area contributed by atoms with E-state index < -0.39 is 0 Å². The molecular weight excluding hydrogens is 392 g/mol. The highest BCUT2D eigenvalue weighted by molar-refractivity contribution is 5.85. The van der Waals surface area contributed by atoms with Crippen LogP contribution in [0, 0.1) is 45.3 Å². The Morgan fingerprint density at radius 3 is 2.56 bits per heavy atom. The minimum absolute atomic E-state index is 0.177. The molecule has 4 aliphatic rings. The van der Waals surface area contributed by atoms with Gasteiger partial charge in [-0.25, -0.2) is 0 Å². The fraction of sp³-hybridized carbons (Fsp3) is 0.833. The van der Waals surface area contributed by atoms with Gasteiger partial charge in [-0.05, 0) is 98.2 Å². The molecular formula is C30H48O2. The SMILES string of the molecule is C/C(=C/CC[C@@H](C)[C@@H]1CC[C@]2(C)C3=CC[C@H]4C(C)(C)C(=O)CC[C@]4(C)[C@H]3CC[C@@]12C)CO. The van der Waals surface area contributed by atoms with Gasteiger partial charge in [0.05, 0.1) is 6.61 Å². The molecule has 1 N–H and O–H groups in total. The predicted octanol–water partition coefficient (Wildman–Crippen LogP) is 7.52. The summed E-state index contributed by atoms with van der Waals surface area (Å²) in [6.07, 6.45) is 15.5. The maximum absolute atomic E-state index is 12.8. The first-order chi connectivity index (χ1) is 14.9. The number of aliphatic hydroxyl groups excluding tert-OH is 1. The van der Waals surface area contributed by atoms with Crippen molar-refractivity contribution in [1.82, 2.24) is 0 Å². The predicted molar refractivity (Wildman–Crippen MR) is 133 cm³/mol. The molecule has 3 fully saturated rings. The highest BCUT2D eigenvalue weighted by Gasteiger charge is 2.65. The standard InChI is InChI=1S/C30H48O2/c1-20(19-31)9-8-10-21(2)22-13-17-30(7)24-11-12-25-27(3,4)26(32)15-16-28(25,5)23(24)14-18-29(22,30)6/h9,11,21-23,25,31H,8,10,12-19H2,1-7H3/b20-9-/t21-,22+,23+,25+,28-,29+,30-/m1/s1. The molecule has 0 aromatic heterocycles. The van der Waals surface area contributed by atoms with Crippen molar-refractivity contribution in [3.05, 3.63) is 23.3 Å². The summed E-state index contributed by atoms with van der Waals surface area (Å²) in [6, 6.07) is 0. The van der Waals surface area contributed by atoms with Crippen molar-refractivity contribution in [3.63, 3.8) is 0 Å². The molecule has 180 valence electrons. The van der Waals surface area contributed by atoms with Gasteiger partial charge in [0.2, 0.25) is 0 Å². The molecule has 2 heteroatoms. The molecule has 0 bridgehead atoms. The van der Waals surface area contributed by atoms with Gasteiger partial charge in [0.1, 0.15) is 5.78 Å². The summed E-state index contributed by atoms with van der Waals surface area (Å²) in [5.74, 6) is 3.16. The number of Topliss-reactive ketones (excluding diaryl/α,β-unsaturated/α-hetero) is 1. The Balaban J connectivity index is 1.60. The Morgan fingerprint density at radius 2 is 1.88 bits per heavy atom. The van der Waals surface area contributed by atoms with Crippen LogP contribution in [0.4, 0.5) is 0 Å². The highest BCUT2D eigenvalue weighted by atomic mass is 16.3. The van der Waals surface area contributed by atoms with Crippen molar-refractivity contribution in [2.24, 2.45) is 45.3 Å². The summed E-state index contributed by atoms with van der Waals surface area (Å²) in [7, 11) is 0.